The van der Waals surface area contributed by atoms with Gasteiger partial charge in [-0.3, -0.25) is 0 Å². The van der Waals surface area contributed by atoms with Gasteiger partial charge in [0.2, 0.25) is 0 Å². The average Bonchev–Trinajstić information content (AvgIpc) is 3.52. The largest absolute Gasteiger partial charge is 0.309 e. The van der Waals surface area contributed by atoms with Gasteiger partial charge in [0, 0.05) is 44.1 Å². The molecule has 0 atom stereocenters. The van der Waals surface area contributed by atoms with Crippen LogP contribution >= 0.6 is 0 Å². The van der Waals surface area contributed by atoms with Crippen LogP contribution in [0.3, 0.4) is 0 Å². The number of benzene rings is 7. The zero-order valence-electron chi connectivity index (χ0n) is 26.9. The van der Waals surface area contributed by atoms with Crippen LogP contribution in [0.4, 0.5) is 4.39 Å². The summed E-state index contributed by atoms with van der Waals surface area (Å²) in [6.45, 7) is 0. The van der Waals surface area contributed by atoms with Crippen molar-refractivity contribution in [1.82, 2.24) is 14.5 Å². The highest BCUT2D eigenvalue weighted by molar-refractivity contribution is 6.11. The van der Waals surface area contributed by atoms with Crippen LogP contribution in [0.2, 0.25) is 0 Å². The van der Waals surface area contributed by atoms with Crippen LogP contribution in [0.25, 0.3) is 49.7 Å². The second-order valence-electron chi connectivity index (χ2n) is 13.4. The summed E-state index contributed by atoms with van der Waals surface area (Å²) in [4.78, 5) is 11.0. The van der Waals surface area contributed by atoms with E-state index < -0.39 is 11.1 Å². The third kappa shape index (κ3) is 3.33. The Hall–Kier alpha value is -6.39. The Morgan fingerprint density at radius 2 is 0.960 bits per heavy atom. The standard InChI is InChI=1S/C46H28FN3/c47-46-37-21-9-6-18-34(37)45(35-19-7-10-22-38(35)46,36-20-8-11-23-39(36)46)44-48-40-24-12-4-17-32(40)43(49-44)29-26-27-42-33(28-29)31-16-5-13-25-41(31)50(42)30-14-2-1-3-15-30/h1-28H. The molecule has 12 rings (SSSR count). The molecule has 0 saturated heterocycles. The van der Waals surface area contributed by atoms with Gasteiger partial charge in [-0.15, -0.1) is 0 Å². The molecule has 0 radical (unpaired) electrons. The Morgan fingerprint density at radius 3 is 1.62 bits per heavy atom. The van der Waals surface area contributed by atoms with Crippen LogP contribution < -0.4 is 0 Å². The van der Waals surface area contributed by atoms with Crippen molar-refractivity contribution in [3.05, 3.63) is 209 Å². The van der Waals surface area contributed by atoms with E-state index in [9.17, 15) is 0 Å². The highest BCUT2D eigenvalue weighted by atomic mass is 19.1. The van der Waals surface area contributed by atoms with E-state index in [2.05, 4.69) is 102 Å². The minimum Gasteiger partial charge on any atom is -0.309 e. The van der Waals surface area contributed by atoms with E-state index in [1.807, 2.05) is 72.8 Å². The van der Waals surface area contributed by atoms with E-state index in [0.717, 1.165) is 61.0 Å². The summed E-state index contributed by atoms with van der Waals surface area (Å²) >= 11 is 0. The first-order valence-electron chi connectivity index (χ1n) is 17.0. The summed E-state index contributed by atoms with van der Waals surface area (Å²) in [6, 6.07) is 57.9. The van der Waals surface area contributed by atoms with E-state index in [1.165, 1.54) is 5.39 Å². The van der Waals surface area contributed by atoms with Crippen LogP contribution in [0.1, 0.15) is 39.2 Å². The first-order valence-corrected chi connectivity index (χ1v) is 17.0. The first-order chi connectivity index (χ1) is 24.7. The van der Waals surface area contributed by atoms with E-state index >= 15 is 4.39 Å². The summed E-state index contributed by atoms with van der Waals surface area (Å²) in [5, 5.41) is 3.31. The monoisotopic (exact) mass is 641 g/mol. The summed E-state index contributed by atoms with van der Waals surface area (Å²) in [6.07, 6.45) is 0. The molecule has 3 aliphatic carbocycles. The Balaban J connectivity index is 1.24. The number of hydrogen-bond donors (Lipinski definition) is 0. The molecule has 0 fully saturated rings. The van der Waals surface area contributed by atoms with Gasteiger partial charge in [-0.2, -0.15) is 0 Å². The summed E-state index contributed by atoms with van der Waals surface area (Å²) in [7, 11) is 0. The van der Waals surface area contributed by atoms with Crippen molar-refractivity contribution in [3.8, 4) is 16.9 Å². The summed E-state index contributed by atoms with van der Waals surface area (Å²) in [5.41, 5.74) is 8.08. The second kappa shape index (κ2) is 9.83. The fourth-order valence-corrected chi connectivity index (χ4v) is 9.00. The number of aromatic nitrogens is 3. The summed E-state index contributed by atoms with van der Waals surface area (Å²) < 4.78 is 20.3. The van der Waals surface area contributed by atoms with Crippen molar-refractivity contribution in [2.75, 3.05) is 0 Å². The molecule has 0 saturated carbocycles. The van der Waals surface area contributed by atoms with E-state index in [0.29, 0.717) is 22.5 Å². The first kappa shape index (κ1) is 27.5. The number of halogens is 1. The van der Waals surface area contributed by atoms with Gasteiger partial charge in [-0.1, -0.05) is 133 Å². The molecule has 234 valence electrons. The van der Waals surface area contributed by atoms with Crippen molar-refractivity contribution in [3.63, 3.8) is 0 Å². The van der Waals surface area contributed by atoms with E-state index in [1.54, 1.807) is 0 Å². The molecule has 0 aliphatic heterocycles. The maximum absolute atomic E-state index is 18.0. The number of hydrogen-bond acceptors (Lipinski definition) is 2. The molecule has 0 N–H and O–H groups in total. The maximum atomic E-state index is 18.0. The van der Waals surface area contributed by atoms with Crippen LogP contribution in [-0.2, 0) is 11.1 Å². The third-order valence-corrected chi connectivity index (χ3v) is 11.0. The lowest BCUT2D eigenvalue weighted by atomic mass is 9.51. The molecule has 2 aromatic heterocycles. The van der Waals surface area contributed by atoms with Gasteiger partial charge in [-0.25, -0.2) is 14.4 Å². The predicted molar refractivity (Wildman–Crippen MR) is 199 cm³/mol. The molecule has 0 unspecified atom stereocenters. The highest BCUT2D eigenvalue weighted by Gasteiger charge is 2.61. The molecule has 3 aliphatic rings. The zero-order valence-corrected chi connectivity index (χ0v) is 26.9. The molecule has 3 nitrogen and oxygen atoms in total. The lowest BCUT2D eigenvalue weighted by molar-refractivity contribution is 0.249. The number of alkyl halides is 1. The molecule has 2 heterocycles. The number of para-hydroxylation sites is 3. The van der Waals surface area contributed by atoms with Crippen LogP contribution in [0.5, 0.6) is 0 Å². The normalized spacial score (nSPS) is 18.7. The van der Waals surface area contributed by atoms with Crippen LogP contribution in [0, 0.1) is 0 Å². The summed E-state index contributed by atoms with van der Waals surface area (Å²) in [5.74, 6) is 0.645. The average molecular weight is 642 g/mol. The number of fused-ring (bicyclic) bond motifs is 4. The zero-order chi connectivity index (χ0) is 33.0. The highest BCUT2D eigenvalue weighted by Crippen LogP contribution is 2.64. The van der Waals surface area contributed by atoms with E-state index in [4.69, 9.17) is 9.97 Å². The number of nitrogens with zero attached hydrogens (tertiary/aromatic N) is 3. The van der Waals surface area contributed by atoms with Crippen LogP contribution in [0.15, 0.2) is 170 Å². The van der Waals surface area contributed by atoms with Crippen molar-refractivity contribution in [2.45, 2.75) is 11.1 Å². The van der Waals surface area contributed by atoms with Crippen molar-refractivity contribution < 1.29 is 4.39 Å². The van der Waals surface area contributed by atoms with Gasteiger partial charge in [0.15, 0.2) is 5.67 Å². The Morgan fingerprint density at radius 1 is 0.440 bits per heavy atom. The number of rotatable bonds is 3. The molecule has 0 spiro atoms. The van der Waals surface area contributed by atoms with Gasteiger partial charge in [0.05, 0.1) is 22.2 Å². The van der Waals surface area contributed by atoms with Crippen molar-refractivity contribution >= 4 is 32.7 Å². The molecular formula is C46H28FN3. The van der Waals surface area contributed by atoms with E-state index in [-0.39, 0.29) is 0 Å². The minimum absolute atomic E-state index is 0.645. The smallest absolute Gasteiger partial charge is 0.187 e. The molecule has 4 heteroatoms. The quantitative estimate of drug-likeness (QED) is 0.192. The SMILES string of the molecule is FC12c3ccccc3C(c3nc(-c4ccc5c(c4)c4ccccc4n5-c4ccccc4)c4ccccc4n3)(c3ccccc31)c1ccccc12. The third-order valence-electron chi connectivity index (χ3n) is 11.0. The Kier molecular flexibility index (Phi) is 5.42. The van der Waals surface area contributed by atoms with Crippen LogP contribution in [-0.4, -0.2) is 14.5 Å². The molecule has 7 aromatic carbocycles. The fraction of sp³-hybridized carbons (Fsp3) is 0.0435. The van der Waals surface area contributed by atoms with Gasteiger partial charge < -0.3 is 4.57 Å². The van der Waals surface area contributed by atoms with Crippen molar-refractivity contribution in [2.24, 2.45) is 0 Å². The predicted octanol–water partition coefficient (Wildman–Crippen LogP) is 10.7. The second-order valence-corrected chi connectivity index (χ2v) is 13.4. The minimum atomic E-state index is -1.77. The maximum Gasteiger partial charge on any atom is 0.187 e. The lowest BCUT2D eigenvalue weighted by Crippen LogP contribution is -2.50. The Labute approximate surface area is 288 Å². The van der Waals surface area contributed by atoms with Gasteiger partial charge in [0.1, 0.15) is 11.2 Å². The van der Waals surface area contributed by atoms with Gasteiger partial charge >= 0.3 is 0 Å². The molecule has 0 amide bonds. The van der Waals surface area contributed by atoms with Gasteiger partial charge in [0.25, 0.3) is 0 Å². The Bertz CT molecular complexity index is 2730. The van der Waals surface area contributed by atoms with Gasteiger partial charge in [-0.05, 0) is 53.1 Å². The molecule has 50 heavy (non-hydrogen) atoms. The van der Waals surface area contributed by atoms with Crippen molar-refractivity contribution in [1.29, 1.82) is 0 Å². The molecular weight excluding hydrogens is 614 g/mol. The lowest BCUT2D eigenvalue weighted by Gasteiger charge is -2.52. The molecule has 2 bridgehead atoms. The fourth-order valence-electron chi connectivity index (χ4n) is 9.00. The molecule has 9 aromatic rings. The topological polar surface area (TPSA) is 30.7 Å².